The average Bonchev–Trinajstić information content (AvgIpc) is 2.38. The summed E-state index contributed by atoms with van der Waals surface area (Å²) in [4.78, 5) is 38.9. The summed E-state index contributed by atoms with van der Waals surface area (Å²) < 4.78 is 0. The van der Waals surface area contributed by atoms with E-state index in [2.05, 4.69) is 0 Å². The first kappa shape index (κ1) is 15.1. The fourth-order valence-electron chi connectivity index (χ4n) is 1.52. The van der Waals surface area contributed by atoms with Gasteiger partial charge in [-0.25, -0.2) is 0 Å². The Kier molecular flexibility index (Phi) is 4.41. The van der Waals surface area contributed by atoms with Gasteiger partial charge in [-0.15, -0.1) is 0 Å². The molecule has 0 saturated carbocycles. The van der Waals surface area contributed by atoms with Crippen LogP contribution in [-0.2, 0) is 0 Å². The molecule has 0 radical (unpaired) electrons. The molecule has 0 spiro atoms. The number of Topliss-reactive ketones (excluding diaryl/α,β-unsaturated/α-hetero) is 1. The van der Waals surface area contributed by atoms with Crippen molar-refractivity contribution in [3.8, 4) is 0 Å². The molecule has 1 aromatic rings. The highest BCUT2D eigenvalue weighted by molar-refractivity contribution is 5.95. The van der Waals surface area contributed by atoms with Crippen LogP contribution in [0.15, 0.2) is 30.3 Å². The van der Waals surface area contributed by atoms with Crippen molar-refractivity contribution < 1.29 is 19.6 Å². The van der Waals surface area contributed by atoms with Crippen molar-refractivity contribution in [2.24, 2.45) is 0 Å². The Labute approximate surface area is 111 Å². The van der Waals surface area contributed by atoms with Crippen LogP contribution in [0.5, 0.6) is 0 Å². The normalized spacial score (nSPS) is 10.8. The zero-order valence-electron chi connectivity index (χ0n) is 10.0. The summed E-state index contributed by atoms with van der Waals surface area (Å²) in [5.74, 6) is -4.23. The van der Waals surface area contributed by atoms with Gasteiger partial charge in [0.15, 0.2) is 27.0 Å². The predicted molar refractivity (Wildman–Crippen MR) is 63.7 cm³/mol. The number of hydrogen-bond donors (Lipinski definition) is 0. The van der Waals surface area contributed by atoms with Gasteiger partial charge in [0, 0.05) is 12.0 Å². The molecule has 0 atom stereocenters. The maximum Gasteiger partial charge on any atom is 0.700 e. The highest BCUT2D eigenvalue weighted by Crippen LogP contribution is 2.20. The third kappa shape index (κ3) is 2.74. The van der Waals surface area contributed by atoms with E-state index in [0.717, 1.165) is 0 Å². The monoisotopic (exact) mass is 283 g/mol. The van der Waals surface area contributed by atoms with Gasteiger partial charge in [-0.1, -0.05) is 30.3 Å². The van der Waals surface area contributed by atoms with E-state index in [1.165, 1.54) is 24.3 Å². The molecular formula is C10H9N3O7. The molecule has 0 saturated heterocycles. The number of ketones is 1. The van der Waals surface area contributed by atoms with Gasteiger partial charge in [0.25, 0.3) is 0 Å². The number of benzene rings is 1. The van der Waals surface area contributed by atoms with E-state index in [0.29, 0.717) is 0 Å². The number of nitro groups is 3. The van der Waals surface area contributed by atoms with Crippen LogP contribution >= 0.6 is 0 Å². The van der Waals surface area contributed by atoms with E-state index in [4.69, 9.17) is 0 Å². The zero-order valence-corrected chi connectivity index (χ0v) is 10.0. The van der Waals surface area contributed by atoms with Crippen LogP contribution in [0.25, 0.3) is 0 Å². The van der Waals surface area contributed by atoms with Crippen LogP contribution in [0, 0.1) is 30.3 Å². The van der Waals surface area contributed by atoms with E-state index in [1.54, 1.807) is 6.07 Å². The predicted octanol–water partition coefficient (Wildman–Crippen LogP) is 1.13. The number of carbonyl (C=O) groups is 1. The van der Waals surface area contributed by atoms with E-state index in [-0.39, 0.29) is 5.56 Å². The minimum Gasteiger partial charge on any atom is -0.294 e. The molecule has 0 unspecified atom stereocenters. The van der Waals surface area contributed by atoms with Crippen LogP contribution in [0.2, 0.25) is 0 Å². The summed E-state index contributed by atoms with van der Waals surface area (Å²) >= 11 is 0. The van der Waals surface area contributed by atoms with Crippen molar-refractivity contribution in [1.29, 1.82) is 0 Å². The molecule has 106 valence electrons. The Morgan fingerprint density at radius 1 is 0.950 bits per heavy atom. The zero-order chi connectivity index (χ0) is 15.3. The molecule has 1 aromatic carbocycles. The van der Waals surface area contributed by atoms with E-state index in [1.807, 2.05) is 0 Å². The van der Waals surface area contributed by atoms with Crippen molar-refractivity contribution in [2.45, 2.75) is 18.6 Å². The minimum absolute atomic E-state index is 0.177. The number of nitrogens with zero attached hydrogens (tertiary/aromatic N) is 3. The summed E-state index contributed by atoms with van der Waals surface area (Å²) in [7, 11) is 0. The average molecular weight is 283 g/mol. The molecule has 20 heavy (non-hydrogen) atoms. The molecule has 0 heterocycles. The molecule has 1 rings (SSSR count). The van der Waals surface area contributed by atoms with Crippen LogP contribution in [0.4, 0.5) is 0 Å². The summed E-state index contributed by atoms with van der Waals surface area (Å²) in [6.45, 7) is 0. The molecule has 0 amide bonds. The standard InChI is InChI=1S/C10H9N3O7/c14-9(8-4-2-1-3-5-8)6-7-10(11(15)16,12(17)18)13(19)20/h1-5H,6-7H2. The number of rotatable bonds is 7. The first-order valence-corrected chi connectivity index (χ1v) is 5.34. The lowest BCUT2D eigenvalue weighted by Gasteiger charge is -2.08. The highest BCUT2D eigenvalue weighted by atomic mass is 16.7. The van der Waals surface area contributed by atoms with Crippen LogP contribution in [0.1, 0.15) is 23.2 Å². The maximum absolute atomic E-state index is 11.7. The summed E-state index contributed by atoms with van der Waals surface area (Å²) in [6.07, 6.45) is -1.79. The minimum atomic E-state index is -3.59. The van der Waals surface area contributed by atoms with Gasteiger partial charge in [0.2, 0.25) is 0 Å². The van der Waals surface area contributed by atoms with Gasteiger partial charge < -0.3 is 0 Å². The van der Waals surface area contributed by atoms with Crippen molar-refractivity contribution in [2.75, 3.05) is 0 Å². The Balaban J connectivity index is 2.94. The number of carbonyl (C=O) groups excluding carboxylic acids is 1. The lowest BCUT2D eigenvalue weighted by molar-refractivity contribution is -0.970. The second-order valence-corrected chi connectivity index (χ2v) is 3.83. The molecule has 0 aliphatic carbocycles. The molecule has 10 heteroatoms. The van der Waals surface area contributed by atoms with E-state index >= 15 is 0 Å². The van der Waals surface area contributed by atoms with Crippen molar-refractivity contribution in [3.63, 3.8) is 0 Å². The quantitative estimate of drug-likeness (QED) is 0.315. The molecule has 0 bridgehead atoms. The molecule has 0 fully saturated rings. The third-order valence-electron chi connectivity index (χ3n) is 2.66. The molecule has 0 aromatic heterocycles. The van der Waals surface area contributed by atoms with Gasteiger partial charge in [-0.3, -0.25) is 35.1 Å². The summed E-state index contributed by atoms with van der Waals surface area (Å²) in [5.41, 5.74) is 0.177. The second kappa shape index (κ2) is 5.82. The van der Waals surface area contributed by atoms with Gasteiger partial charge in [0.1, 0.15) is 0 Å². The smallest absolute Gasteiger partial charge is 0.294 e. The van der Waals surface area contributed by atoms with Crippen molar-refractivity contribution in [1.82, 2.24) is 0 Å². The number of hydrogen-bond acceptors (Lipinski definition) is 7. The molecule has 0 N–H and O–H groups in total. The molecule has 10 nitrogen and oxygen atoms in total. The Morgan fingerprint density at radius 3 is 1.80 bits per heavy atom. The Hall–Kier alpha value is -2.91. The topological polar surface area (TPSA) is 146 Å². The van der Waals surface area contributed by atoms with Crippen molar-refractivity contribution >= 4 is 5.78 Å². The van der Waals surface area contributed by atoms with E-state index in [9.17, 15) is 35.1 Å². The van der Waals surface area contributed by atoms with Crippen LogP contribution in [0.3, 0.4) is 0 Å². The van der Waals surface area contributed by atoms with Gasteiger partial charge in [-0.2, -0.15) is 0 Å². The molecule has 0 aliphatic heterocycles. The van der Waals surface area contributed by atoms with Crippen LogP contribution < -0.4 is 0 Å². The van der Waals surface area contributed by atoms with Gasteiger partial charge in [-0.05, 0) is 0 Å². The fraction of sp³-hybridized carbons (Fsp3) is 0.300. The van der Waals surface area contributed by atoms with E-state index < -0.39 is 39.2 Å². The van der Waals surface area contributed by atoms with Crippen molar-refractivity contribution in [3.05, 3.63) is 66.2 Å². The van der Waals surface area contributed by atoms with Crippen LogP contribution in [-0.4, -0.2) is 26.3 Å². The lowest BCUT2D eigenvalue weighted by atomic mass is 10.0. The highest BCUT2D eigenvalue weighted by Gasteiger charge is 2.69. The fourth-order valence-corrected chi connectivity index (χ4v) is 1.52. The third-order valence-corrected chi connectivity index (χ3v) is 2.66. The summed E-state index contributed by atoms with van der Waals surface area (Å²) in [6, 6.07) is 7.53. The van der Waals surface area contributed by atoms with Gasteiger partial charge in [0.05, 0.1) is 0 Å². The molecule has 0 aliphatic rings. The first-order valence-electron chi connectivity index (χ1n) is 5.34. The largest absolute Gasteiger partial charge is 0.700 e. The lowest BCUT2D eigenvalue weighted by Crippen LogP contribution is -2.53. The Morgan fingerprint density at radius 2 is 1.40 bits per heavy atom. The maximum atomic E-state index is 11.7. The summed E-state index contributed by atoms with van der Waals surface area (Å²) in [5, 5.41) is 32.0. The Bertz CT molecular complexity index is 521. The molecular weight excluding hydrogens is 274 g/mol. The van der Waals surface area contributed by atoms with Gasteiger partial charge >= 0.3 is 5.79 Å². The first-order chi connectivity index (χ1) is 9.32. The second-order valence-electron chi connectivity index (χ2n) is 3.83. The SMILES string of the molecule is O=C(CCC([N+](=O)[O-])([N+](=O)[O-])[N+](=O)[O-])c1ccccc1.